The third-order valence-corrected chi connectivity index (χ3v) is 3.79. The van der Waals surface area contributed by atoms with Crippen LogP contribution in [0.15, 0.2) is 36.4 Å². The Balaban J connectivity index is 2.04. The van der Waals surface area contributed by atoms with Gasteiger partial charge in [0.25, 0.3) is 0 Å². The van der Waals surface area contributed by atoms with E-state index < -0.39 is 0 Å². The molecule has 0 saturated heterocycles. The van der Waals surface area contributed by atoms with E-state index in [-0.39, 0.29) is 0 Å². The number of halogens is 1. The van der Waals surface area contributed by atoms with E-state index >= 15 is 0 Å². The summed E-state index contributed by atoms with van der Waals surface area (Å²) in [5.41, 5.74) is 1.81. The maximum absolute atomic E-state index is 5.87. The van der Waals surface area contributed by atoms with Crippen LogP contribution in [-0.4, -0.2) is 26.4 Å². The van der Waals surface area contributed by atoms with Gasteiger partial charge < -0.3 is 24.8 Å². The summed E-state index contributed by atoms with van der Waals surface area (Å²) in [6, 6.07) is 11.1. The standard InChI is InChI=1S/C17H19ClN2O3S/c1-21-14-8-13(9-15(22-2)16(14)23-3)20-17(24)19-10-11-4-6-12(18)7-5-11/h4-9H,10H2,1-3H3,(H2,19,20,24). The Morgan fingerprint density at radius 1 is 1.00 bits per heavy atom. The van der Waals surface area contributed by atoms with Crippen LogP contribution >= 0.6 is 23.8 Å². The Labute approximate surface area is 151 Å². The molecule has 0 fully saturated rings. The van der Waals surface area contributed by atoms with Gasteiger partial charge >= 0.3 is 0 Å². The summed E-state index contributed by atoms with van der Waals surface area (Å²) < 4.78 is 15.9. The minimum Gasteiger partial charge on any atom is -0.493 e. The number of benzene rings is 2. The third kappa shape index (κ3) is 4.66. The highest BCUT2D eigenvalue weighted by atomic mass is 35.5. The Hall–Kier alpha value is -2.18. The fourth-order valence-corrected chi connectivity index (χ4v) is 2.43. The normalized spacial score (nSPS) is 10.0. The second-order valence-electron chi connectivity index (χ2n) is 4.85. The number of hydrogen-bond donors (Lipinski definition) is 2. The highest BCUT2D eigenvalue weighted by molar-refractivity contribution is 7.80. The minimum absolute atomic E-state index is 0.485. The van der Waals surface area contributed by atoms with Crippen molar-refractivity contribution in [1.29, 1.82) is 0 Å². The summed E-state index contributed by atoms with van der Waals surface area (Å²) in [4.78, 5) is 0. The molecule has 2 aromatic rings. The van der Waals surface area contributed by atoms with Gasteiger partial charge in [-0.1, -0.05) is 23.7 Å². The zero-order valence-electron chi connectivity index (χ0n) is 13.7. The Kier molecular flexibility index (Phi) is 6.52. The maximum atomic E-state index is 5.87. The van der Waals surface area contributed by atoms with Gasteiger partial charge in [0.15, 0.2) is 16.6 Å². The average Bonchev–Trinajstić information content (AvgIpc) is 2.60. The second-order valence-corrected chi connectivity index (χ2v) is 5.69. The van der Waals surface area contributed by atoms with Crippen molar-refractivity contribution in [2.75, 3.05) is 26.6 Å². The molecular weight excluding hydrogens is 348 g/mol. The molecule has 0 radical (unpaired) electrons. The molecule has 0 atom stereocenters. The molecule has 0 unspecified atom stereocenters. The monoisotopic (exact) mass is 366 g/mol. The van der Waals surface area contributed by atoms with Crippen molar-refractivity contribution in [1.82, 2.24) is 5.32 Å². The van der Waals surface area contributed by atoms with Gasteiger partial charge in [0.05, 0.1) is 21.3 Å². The Bertz CT molecular complexity index is 682. The third-order valence-electron chi connectivity index (χ3n) is 3.29. The van der Waals surface area contributed by atoms with Gasteiger partial charge in [0.2, 0.25) is 5.75 Å². The first-order chi connectivity index (χ1) is 11.6. The van der Waals surface area contributed by atoms with Gasteiger partial charge in [0.1, 0.15) is 0 Å². The second kappa shape index (κ2) is 8.61. The molecule has 0 aromatic heterocycles. The van der Waals surface area contributed by atoms with E-state index in [1.54, 1.807) is 33.5 Å². The molecule has 2 rings (SSSR count). The largest absolute Gasteiger partial charge is 0.493 e. The van der Waals surface area contributed by atoms with Gasteiger partial charge in [-0.3, -0.25) is 0 Å². The molecule has 2 aromatic carbocycles. The van der Waals surface area contributed by atoms with Crippen LogP contribution in [-0.2, 0) is 6.54 Å². The molecule has 0 heterocycles. The molecule has 0 spiro atoms. The predicted molar refractivity (Wildman–Crippen MR) is 101 cm³/mol. The van der Waals surface area contributed by atoms with Crippen LogP contribution in [0.3, 0.4) is 0 Å². The van der Waals surface area contributed by atoms with E-state index in [4.69, 9.17) is 38.0 Å². The fourth-order valence-electron chi connectivity index (χ4n) is 2.11. The highest BCUT2D eigenvalue weighted by Gasteiger charge is 2.13. The van der Waals surface area contributed by atoms with Crippen LogP contribution in [0.1, 0.15) is 5.56 Å². The van der Waals surface area contributed by atoms with Crippen molar-refractivity contribution in [3.63, 3.8) is 0 Å². The molecule has 0 aliphatic carbocycles. The molecule has 0 saturated carbocycles. The summed E-state index contributed by atoms with van der Waals surface area (Å²) in [5.74, 6) is 1.64. The first-order valence-corrected chi connectivity index (χ1v) is 7.95. The van der Waals surface area contributed by atoms with Crippen LogP contribution in [0.2, 0.25) is 5.02 Å². The van der Waals surface area contributed by atoms with E-state index in [2.05, 4.69) is 10.6 Å². The SMILES string of the molecule is COc1cc(NC(=S)NCc2ccc(Cl)cc2)cc(OC)c1OC. The Morgan fingerprint density at radius 3 is 2.08 bits per heavy atom. The minimum atomic E-state index is 0.485. The summed E-state index contributed by atoms with van der Waals surface area (Å²) in [6.07, 6.45) is 0. The molecule has 24 heavy (non-hydrogen) atoms. The quantitative estimate of drug-likeness (QED) is 0.757. The van der Waals surface area contributed by atoms with Crippen molar-refractivity contribution < 1.29 is 14.2 Å². The summed E-state index contributed by atoms with van der Waals surface area (Å²) in [5, 5.41) is 7.43. The van der Waals surface area contributed by atoms with E-state index in [9.17, 15) is 0 Å². The average molecular weight is 367 g/mol. The fraction of sp³-hybridized carbons (Fsp3) is 0.235. The molecule has 0 bridgehead atoms. The van der Waals surface area contributed by atoms with Gasteiger partial charge in [-0.05, 0) is 29.9 Å². The number of thiocarbonyl (C=S) groups is 1. The maximum Gasteiger partial charge on any atom is 0.203 e. The lowest BCUT2D eigenvalue weighted by Gasteiger charge is -2.16. The molecule has 7 heteroatoms. The number of hydrogen-bond acceptors (Lipinski definition) is 4. The molecule has 0 amide bonds. The molecule has 0 aliphatic rings. The molecular formula is C17H19ClN2O3S. The topological polar surface area (TPSA) is 51.8 Å². The zero-order chi connectivity index (χ0) is 17.5. The lowest BCUT2D eigenvalue weighted by molar-refractivity contribution is 0.324. The van der Waals surface area contributed by atoms with Crippen molar-refractivity contribution in [2.24, 2.45) is 0 Å². The number of ether oxygens (including phenoxy) is 3. The highest BCUT2D eigenvalue weighted by Crippen LogP contribution is 2.39. The van der Waals surface area contributed by atoms with Crippen molar-refractivity contribution in [3.8, 4) is 17.2 Å². The zero-order valence-corrected chi connectivity index (χ0v) is 15.3. The lowest BCUT2D eigenvalue weighted by Crippen LogP contribution is -2.27. The number of methoxy groups -OCH3 is 3. The van der Waals surface area contributed by atoms with Crippen molar-refractivity contribution >= 4 is 34.6 Å². The van der Waals surface area contributed by atoms with Crippen molar-refractivity contribution in [2.45, 2.75) is 6.54 Å². The van der Waals surface area contributed by atoms with Crippen LogP contribution in [0.25, 0.3) is 0 Å². The molecule has 0 aliphatic heterocycles. The van der Waals surface area contributed by atoms with Gasteiger partial charge in [-0.2, -0.15) is 0 Å². The van der Waals surface area contributed by atoms with E-state index in [0.29, 0.717) is 33.9 Å². The van der Waals surface area contributed by atoms with Crippen LogP contribution in [0, 0.1) is 0 Å². The number of nitrogens with one attached hydrogen (secondary N) is 2. The van der Waals surface area contributed by atoms with Crippen molar-refractivity contribution in [3.05, 3.63) is 47.0 Å². The summed E-state index contributed by atoms with van der Waals surface area (Å²) in [7, 11) is 4.70. The molecule has 5 nitrogen and oxygen atoms in total. The summed E-state index contributed by atoms with van der Waals surface area (Å²) in [6.45, 7) is 0.591. The van der Waals surface area contributed by atoms with Gasteiger partial charge in [-0.15, -0.1) is 0 Å². The number of rotatable bonds is 6. The molecule has 2 N–H and O–H groups in total. The summed E-state index contributed by atoms with van der Waals surface area (Å²) >= 11 is 11.2. The van der Waals surface area contributed by atoms with Gasteiger partial charge in [-0.25, -0.2) is 0 Å². The number of anilines is 1. The van der Waals surface area contributed by atoms with Gasteiger partial charge in [0, 0.05) is 29.4 Å². The van der Waals surface area contributed by atoms with E-state index in [0.717, 1.165) is 11.3 Å². The molecule has 128 valence electrons. The van der Waals surface area contributed by atoms with Crippen LogP contribution < -0.4 is 24.8 Å². The van der Waals surface area contributed by atoms with Crippen LogP contribution in [0.5, 0.6) is 17.2 Å². The Morgan fingerprint density at radius 2 is 1.58 bits per heavy atom. The van der Waals surface area contributed by atoms with Crippen LogP contribution in [0.4, 0.5) is 5.69 Å². The van der Waals surface area contributed by atoms with E-state index in [1.807, 2.05) is 24.3 Å². The predicted octanol–water partition coefficient (Wildman–Crippen LogP) is 3.85. The van der Waals surface area contributed by atoms with E-state index in [1.165, 1.54) is 0 Å². The smallest absolute Gasteiger partial charge is 0.203 e. The lowest BCUT2D eigenvalue weighted by atomic mass is 10.2. The first kappa shape index (κ1) is 18.2. The first-order valence-electron chi connectivity index (χ1n) is 7.16.